The maximum atomic E-state index is 5.46. The summed E-state index contributed by atoms with van der Waals surface area (Å²) in [5, 5.41) is 0. The first-order chi connectivity index (χ1) is 7.34. The summed E-state index contributed by atoms with van der Waals surface area (Å²) in [6, 6.07) is 10.0. The van der Waals surface area contributed by atoms with Crippen molar-refractivity contribution < 1.29 is 9.15 Å². The molecule has 1 heterocycles. The molecule has 3 nitrogen and oxygen atoms in total. The lowest BCUT2D eigenvalue weighted by molar-refractivity contribution is 0.0889. The van der Waals surface area contributed by atoms with Gasteiger partial charge in [-0.1, -0.05) is 30.3 Å². The van der Waals surface area contributed by atoms with Gasteiger partial charge in [0.05, 0.1) is 12.8 Å². The molecule has 15 heavy (non-hydrogen) atoms. The lowest BCUT2D eigenvalue weighted by Crippen LogP contribution is -1.93. The Morgan fingerprint density at radius 1 is 1.20 bits per heavy atom. The zero-order chi connectivity index (χ0) is 10.5. The molecule has 0 spiro atoms. The summed E-state index contributed by atoms with van der Waals surface area (Å²) in [5.74, 6) is 1.44. The third-order valence-electron chi connectivity index (χ3n) is 2.01. The normalized spacial score (nSPS) is 10.5. The fourth-order valence-corrected chi connectivity index (χ4v) is 1.30. The molecule has 0 radical (unpaired) electrons. The van der Waals surface area contributed by atoms with E-state index in [1.807, 2.05) is 37.3 Å². The van der Waals surface area contributed by atoms with Crippen LogP contribution in [0.25, 0.3) is 0 Å². The van der Waals surface area contributed by atoms with Crippen LogP contribution in [0.4, 0.5) is 0 Å². The Kier molecular flexibility index (Phi) is 3.15. The second-order valence-corrected chi connectivity index (χ2v) is 3.34. The molecule has 3 heteroatoms. The number of rotatable bonds is 4. The Labute approximate surface area is 88.7 Å². The van der Waals surface area contributed by atoms with E-state index < -0.39 is 0 Å². The van der Waals surface area contributed by atoms with Crippen molar-refractivity contribution in [1.82, 2.24) is 4.98 Å². The fraction of sp³-hybridized carbons (Fsp3) is 0.250. The highest BCUT2D eigenvalue weighted by atomic mass is 16.5. The zero-order valence-corrected chi connectivity index (χ0v) is 8.64. The Bertz CT molecular complexity index is 409. The molecule has 0 N–H and O–H groups in total. The van der Waals surface area contributed by atoms with Crippen LogP contribution >= 0.6 is 0 Å². The minimum atomic E-state index is 0.419. The molecule has 2 rings (SSSR count). The quantitative estimate of drug-likeness (QED) is 0.766. The van der Waals surface area contributed by atoms with E-state index in [9.17, 15) is 0 Å². The van der Waals surface area contributed by atoms with Crippen molar-refractivity contribution in [2.24, 2.45) is 0 Å². The van der Waals surface area contributed by atoms with Crippen molar-refractivity contribution in [3.8, 4) is 0 Å². The molecule has 0 saturated heterocycles. The van der Waals surface area contributed by atoms with Gasteiger partial charge in [-0.15, -0.1) is 0 Å². The van der Waals surface area contributed by atoms with Gasteiger partial charge >= 0.3 is 0 Å². The van der Waals surface area contributed by atoms with Crippen molar-refractivity contribution >= 4 is 0 Å². The minimum absolute atomic E-state index is 0.419. The van der Waals surface area contributed by atoms with Crippen LogP contribution in [-0.4, -0.2) is 4.98 Å². The fourth-order valence-electron chi connectivity index (χ4n) is 1.30. The molecule has 0 amide bonds. The molecule has 0 saturated carbocycles. The molecule has 1 aromatic heterocycles. The van der Waals surface area contributed by atoms with E-state index in [0.29, 0.717) is 19.1 Å². The smallest absolute Gasteiger partial charge is 0.220 e. The molecule has 1 aromatic carbocycles. The molecule has 0 atom stereocenters. The van der Waals surface area contributed by atoms with Gasteiger partial charge in [0.15, 0.2) is 0 Å². The van der Waals surface area contributed by atoms with Crippen molar-refractivity contribution in [2.45, 2.75) is 20.1 Å². The first-order valence-electron chi connectivity index (χ1n) is 4.87. The van der Waals surface area contributed by atoms with Gasteiger partial charge in [0.2, 0.25) is 5.89 Å². The number of aryl methyl sites for hydroxylation is 1. The summed E-state index contributed by atoms with van der Waals surface area (Å²) in [4.78, 5) is 4.06. The van der Waals surface area contributed by atoms with E-state index in [4.69, 9.17) is 9.15 Å². The minimum Gasteiger partial charge on any atom is -0.443 e. The lowest BCUT2D eigenvalue weighted by Gasteiger charge is -2.00. The number of oxazole rings is 1. The monoisotopic (exact) mass is 203 g/mol. The second-order valence-electron chi connectivity index (χ2n) is 3.34. The summed E-state index contributed by atoms with van der Waals surface area (Å²) in [7, 11) is 0. The van der Waals surface area contributed by atoms with Gasteiger partial charge in [0.1, 0.15) is 12.4 Å². The van der Waals surface area contributed by atoms with E-state index in [-0.39, 0.29) is 0 Å². The standard InChI is InChI=1S/C12H13NO2/c1-10-7-13-12(15-10)9-14-8-11-5-3-2-4-6-11/h2-7H,8-9H2,1H3. The lowest BCUT2D eigenvalue weighted by atomic mass is 10.2. The maximum absolute atomic E-state index is 5.46. The van der Waals surface area contributed by atoms with Crippen LogP contribution in [0.2, 0.25) is 0 Å². The highest BCUT2D eigenvalue weighted by molar-refractivity contribution is 5.13. The Morgan fingerprint density at radius 2 is 2.00 bits per heavy atom. The van der Waals surface area contributed by atoms with Crippen LogP contribution in [-0.2, 0) is 18.0 Å². The summed E-state index contributed by atoms with van der Waals surface area (Å²) in [5.41, 5.74) is 1.15. The molecular weight excluding hydrogens is 190 g/mol. The van der Waals surface area contributed by atoms with Gasteiger partial charge in [-0.2, -0.15) is 0 Å². The van der Waals surface area contributed by atoms with Gasteiger partial charge in [0, 0.05) is 0 Å². The van der Waals surface area contributed by atoms with Crippen molar-refractivity contribution in [1.29, 1.82) is 0 Å². The predicted molar refractivity (Wildman–Crippen MR) is 56.2 cm³/mol. The van der Waals surface area contributed by atoms with Gasteiger partial charge in [-0.25, -0.2) is 4.98 Å². The van der Waals surface area contributed by atoms with E-state index in [1.165, 1.54) is 0 Å². The third kappa shape index (κ3) is 2.92. The first kappa shape index (κ1) is 9.93. The second kappa shape index (κ2) is 4.75. The van der Waals surface area contributed by atoms with Crippen molar-refractivity contribution in [3.63, 3.8) is 0 Å². The van der Waals surface area contributed by atoms with E-state index in [0.717, 1.165) is 11.3 Å². The third-order valence-corrected chi connectivity index (χ3v) is 2.01. The molecule has 2 aromatic rings. The maximum Gasteiger partial charge on any atom is 0.220 e. The number of nitrogens with zero attached hydrogens (tertiary/aromatic N) is 1. The number of aromatic nitrogens is 1. The van der Waals surface area contributed by atoms with E-state index in [2.05, 4.69) is 4.98 Å². The number of ether oxygens (including phenoxy) is 1. The molecule has 78 valence electrons. The Hall–Kier alpha value is -1.61. The van der Waals surface area contributed by atoms with Gasteiger partial charge in [0.25, 0.3) is 0 Å². The van der Waals surface area contributed by atoms with Crippen LogP contribution in [0.15, 0.2) is 40.9 Å². The number of benzene rings is 1. The highest BCUT2D eigenvalue weighted by Gasteiger charge is 2.00. The average molecular weight is 203 g/mol. The van der Waals surface area contributed by atoms with Crippen molar-refractivity contribution in [3.05, 3.63) is 53.7 Å². The van der Waals surface area contributed by atoms with Crippen molar-refractivity contribution in [2.75, 3.05) is 0 Å². The van der Waals surface area contributed by atoms with Crippen LogP contribution in [0.1, 0.15) is 17.2 Å². The molecule has 0 bridgehead atoms. The predicted octanol–water partition coefficient (Wildman–Crippen LogP) is 2.70. The first-order valence-corrected chi connectivity index (χ1v) is 4.87. The van der Waals surface area contributed by atoms with Gasteiger partial charge in [-0.05, 0) is 12.5 Å². The van der Waals surface area contributed by atoms with E-state index >= 15 is 0 Å². The molecular formula is C12H13NO2. The zero-order valence-electron chi connectivity index (χ0n) is 8.64. The van der Waals surface area contributed by atoms with Gasteiger partial charge < -0.3 is 9.15 Å². The molecule has 0 aliphatic rings. The van der Waals surface area contributed by atoms with Crippen LogP contribution < -0.4 is 0 Å². The Balaban J connectivity index is 1.80. The Morgan fingerprint density at radius 3 is 2.67 bits per heavy atom. The molecule has 0 aliphatic carbocycles. The summed E-state index contributed by atoms with van der Waals surface area (Å²) in [6.07, 6.45) is 1.70. The molecule has 0 aliphatic heterocycles. The molecule has 0 unspecified atom stereocenters. The summed E-state index contributed by atoms with van der Waals surface area (Å²) in [6.45, 7) is 2.87. The number of hydrogen-bond donors (Lipinski definition) is 0. The topological polar surface area (TPSA) is 35.3 Å². The van der Waals surface area contributed by atoms with Crippen LogP contribution in [0, 0.1) is 6.92 Å². The summed E-state index contributed by atoms with van der Waals surface area (Å²) >= 11 is 0. The SMILES string of the molecule is Cc1cnc(COCc2ccccc2)o1. The highest BCUT2D eigenvalue weighted by Crippen LogP contribution is 2.06. The molecule has 0 fully saturated rings. The van der Waals surface area contributed by atoms with Crippen LogP contribution in [0.5, 0.6) is 0 Å². The average Bonchev–Trinajstić information content (AvgIpc) is 2.66. The van der Waals surface area contributed by atoms with Gasteiger partial charge in [-0.3, -0.25) is 0 Å². The number of hydrogen-bond acceptors (Lipinski definition) is 3. The largest absolute Gasteiger partial charge is 0.443 e. The summed E-state index contributed by atoms with van der Waals surface area (Å²) < 4.78 is 10.7. The van der Waals surface area contributed by atoms with Crippen LogP contribution in [0.3, 0.4) is 0 Å². The van der Waals surface area contributed by atoms with E-state index in [1.54, 1.807) is 6.20 Å².